The van der Waals surface area contributed by atoms with E-state index in [2.05, 4.69) is 10.2 Å². The zero-order valence-electron chi connectivity index (χ0n) is 11.8. The molecule has 1 aromatic rings. The van der Waals surface area contributed by atoms with Gasteiger partial charge in [-0.15, -0.1) is 5.10 Å². The van der Waals surface area contributed by atoms with Crippen LogP contribution < -0.4 is 28.9 Å². The van der Waals surface area contributed by atoms with Crippen molar-refractivity contribution in [1.82, 2.24) is 10.2 Å². The van der Waals surface area contributed by atoms with E-state index in [0.717, 1.165) is 0 Å². The summed E-state index contributed by atoms with van der Waals surface area (Å²) in [6.45, 7) is 0.393. The van der Waals surface area contributed by atoms with Gasteiger partial charge in [-0.3, -0.25) is 4.90 Å². The van der Waals surface area contributed by atoms with E-state index in [9.17, 15) is 14.7 Å². The van der Waals surface area contributed by atoms with Gasteiger partial charge in [0.15, 0.2) is 5.82 Å². The fraction of sp³-hybridized carbons (Fsp3) is 0.538. The number of rotatable bonds is 2. The molecule has 1 saturated heterocycles. The molecule has 0 bridgehead atoms. The Bertz CT molecular complexity index is 531. The monoisotopic (exact) mass is 283 g/mol. The predicted molar refractivity (Wildman–Crippen MR) is 65.6 cm³/mol. The van der Waals surface area contributed by atoms with Gasteiger partial charge in [-0.2, -0.15) is 5.10 Å². The van der Waals surface area contributed by atoms with Gasteiger partial charge in [0.1, 0.15) is 5.60 Å². The first-order chi connectivity index (χ1) is 9.60. The number of carbonyl (C=O) groups excluding carboxylic acids is 2. The van der Waals surface area contributed by atoms with Gasteiger partial charge in [0, 0.05) is 12.2 Å². The normalized spacial score (nSPS) is 28.1. The molecule has 21 heavy (non-hydrogen) atoms. The summed E-state index contributed by atoms with van der Waals surface area (Å²) in [6, 6.07) is 3.40. The molecule has 2 heterocycles. The van der Waals surface area contributed by atoms with Crippen molar-refractivity contribution in [2.75, 3.05) is 11.4 Å². The number of aromatic nitrogens is 2. The number of amides is 1. The number of carbonyl (C=O) groups is 2. The van der Waals surface area contributed by atoms with E-state index in [1.54, 1.807) is 12.1 Å². The summed E-state index contributed by atoms with van der Waals surface area (Å²) in [7, 11) is 0. The minimum Gasteiger partial charge on any atom is -0.550 e. The van der Waals surface area contributed by atoms with Gasteiger partial charge < -0.3 is 14.6 Å². The molecule has 0 aromatic carbocycles. The van der Waals surface area contributed by atoms with E-state index in [1.807, 2.05) is 0 Å². The van der Waals surface area contributed by atoms with Crippen LogP contribution in [0.2, 0.25) is 0 Å². The van der Waals surface area contributed by atoms with Crippen molar-refractivity contribution < 1.29 is 38.3 Å². The van der Waals surface area contributed by atoms with Crippen LogP contribution in [0.5, 0.6) is 0 Å². The summed E-state index contributed by atoms with van der Waals surface area (Å²) in [4.78, 5) is 24.3. The van der Waals surface area contributed by atoms with Crippen molar-refractivity contribution in [2.45, 2.75) is 31.3 Å². The van der Waals surface area contributed by atoms with Crippen molar-refractivity contribution in [3.8, 4) is 0 Å². The summed E-state index contributed by atoms with van der Waals surface area (Å²) in [5.41, 5.74) is -0.597. The second-order valence-corrected chi connectivity index (χ2v) is 5.31. The number of nitrogens with zero attached hydrogens (tertiary/aromatic N) is 3. The van der Waals surface area contributed by atoms with E-state index in [1.165, 1.54) is 11.1 Å². The minimum atomic E-state index is -1.02. The Balaban J connectivity index is 0.00000161. The van der Waals surface area contributed by atoms with E-state index in [0.29, 0.717) is 38.0 Å². The molecular weight excluding hydrogens is 269 g/mol. The fourth-order valence-electron chi connectivity index (χ4n) is 2.88. The molecule has 0 N–H and O–H groups in total. The third kappa shape index (κ3) is 3.04. The molecule has 0 atom stereocenters. The number of carboxylic acids is 1. The third-order valence-electron chi connectivity index (χ3n) is 4.04. The van der Waals surface area contributed by atoms with Crippen LogP contribution in [0, 0.1) is 5.92 Å². The Morgan fingerprint density at radius 3 is 2.71 bits per heavy atom. The molecule has 2 fully saturated rings. The predicted octanol–water partition coefficient (Wildman–Crippen LogP) is -2.88. The maximum Gasteiger partial charge on any atom is 1.00 e. The third-order valence-corrected chi connectivity index (χ3v) is 4.04. The summed E-state index contributed by atoms with van der Waals surface area (Å²) in [5, 5.41) is 18.5. The van der Waals surface area contributed by atoms with Gasteiger partial charge in [-0.25, -0.2) is 4.79 Å². The van der Waals surface area contributed by atoms with Gasteiger partial charge in [0.05, 0.1) is 6.54 Å². The van der Waals surface area contributed by atoms with Crippen molar-refractivity contribution in [2.24, 2.45) is 5.92 Å². The minimum absolute atomic E-state index is 0. The smallest absolute Gasteiger partial charge is 0.550 e. The largest absolute Gasteiger partial charge is 1.00 e. The average Bonchev–Trinajstić information content (AvgIpc) is 2.77. The first-order valence-electron chi connectivity index (χ1n) is 6.59. The summed E-state index contributed by atoms with van der Waals surface area (Å²) in [5.74, 6) is -1.00. The Morgan fingerprint density at radius 1 is 1.43 bits per heavy atom. The summed E-state index contributed by atoms with van der Waals surface area (Å²) in [6.07, 6.45) is 3.11. The number of hydrogen-bond acceptors (Lipinski definition) is 6. The van der Waals surface area contributed by atoms with Gasteiger partial charge in [0.25, 0.3) is 0 Å². The molecule has 106 valence electrons. The van der Waals surface area contributed by atoms with Crippen LogP contribution in [0.1, 0.15) is 25.7 Å². The van der Waals surface area contributed by atoms with Crippen molar-refractivity contribution in [1.29, 1.82) is 0 Å². The molecule has 0 unspecified atom stereocenters. The van der Waals surface area contributed by atoms with E-state index in [4.69, 9.17) is 4.74 Å². The molecular formula is C13H14LiN3O4. The molecule has 0 radical (unpaired) electrons. The number of carboxylic acid groups (broad SMARTS) is 1. The topological polar surface area (TPSA) is 95.5 Å². The van der Waals surface area contributed by atoms with Crippen LogP contribution in [0.25, 0.3) is 0 Å². The first kappa shape index (κ1) is 15.8. The first-order valence-corrected chi connectivity index (χ1v) is 6.59. The molecule has 1 amide bonds. The molecule has 7 nitrogen and oxygen atoms in total. The van der Waals surface area contributed by atoms with Crippen LogP contribution in [0.3, 0.4) is 0 Å². The van der Waals surface area contributed by atoms with Gasteiger partial charge in [-0.05, 0) is 43.7 Å². The van der Waals surface area contributed by atoms with E-state index >= 15 is 0 Å². The van der Waals surface area contributed by atoms with Crippen LogP contribution in [0.4, 0.5) is 10.6 Å². The molecule has 2 aliphatic rings. The molecule has 1 aromatic heterocycles. The van der Waals surface area contributed by atoms with Crippen LogP contribution in [0.15, 0.2) is 18.3 Å². The van der Waals surface area contributed by atoms with Gasteiger partial charge >= 0.3 is 25.0 Å². The Labute approximate surface area is 133 Å². The standard InChI is InChI=1S/C13H15N3O4.Li/c17-11(18)9-3-5-13(6-4-9)8-16(12(19)20-13)10-2-1-7-14-15-10;/h1-2,7,9H,3-6,8H2,(H,17,18);/q;+1/p-1. The number of anilines is 1. The van der Waals surface area contributed by atoms with Crippen LogP contribution >= 0.6 is 0 Å². The quantitative estimate of drug-likeness (QED) is 0.541. The van der Waals surface area contributed by atoms with Crippen LogP contribution in [-0.2, 0) is 9.53 Å². The molecule has 3 rings (SSSR count). The van der Waals surface area contributed by atoms with E-state index in [-0.39, 0.29) is 18.9 Å². The number of aliphatic carboxylic acids is 1. The Hall–Kier alpha value is -1.58. The maximum absolute atomic E-state index is 12.0. The Morgan fingerprint density at radius 2 is 2.14 bits per heavy atom. The Kier molecular flexibility index (Phi) is 4.54. The molecule has 1 saturated carbocycles. The number of hydrogen-bond donors (Lipinski definition) is 0. The van der Waals surface area contributed by atoms with E-state index < -0.39 is 23.6 Å². The molecule has 1 aliphatic heterocycles. The maximum atomic E-state index is 12.0. The summed E-state index contributed by atoms with van der Waals surface area (Å²) >= 11 is 0. The number of ether oxygens (including phenoxy) is 1. The molecule has 1 aliphatic carbocycles. The van der Waals surface area contributed by atoms with Crippen molar-refractivity contribution in [3.05, 3.63) is 18.3 Å². The van der Waals surface area contributed by atoms with Gasteiger partial charge in [0.2, 0.25) is 0 Å². The second-order valence-electron chi connectivity index (χ2n) is 5.31. The SMILES string of the molecule is O=C([O-])C1CCC2(CC1)CN(c1cccnn1)C(=O)O2.[Li+]. The molecule has 8 heteroatoms. The fourth-order valence-corrected chi connectivity index (χ4v) is 2.88. The zero-order chi connectivity index (χ0) is 14.2. The van der Waals surface area contributed by atoms with Crippen LogP contribution in [-0.4, -0.2) is 34.4 Å². The zero-order valence-corrected chi connectivity index (χ0v) is 11.8. The van der Waals surface area contributed by atoms with Crippen molar-refractivity contribution >= 4 is 17.9 Å². The second kappa shape index (κ2) is 6.04. The van der Waals surface area contributed by atoms with Crippen molar-refractivity contribution in [3.63, 3.8) is 0 Å². The molecule has 1 spiro atoms. The summed E-state index contributed by atoms with van der Waals surface area (Å²) < 4.78 is 5.49. The van der Waals surface area contributed by atoms with Gasteiger partial charge in [-0.1, -0.05) is 0 Å². The average molecular weight is 283 g/mol.